The molecule has 1 saturated heterocycles. The highest BCUT2D eigenvalue weighted by Gasteiger charge is 2.50. The van der Waals surface area contributed by atoms with Gasteiger partial charge in [0.25, 0.3) is 0 Å². The maximum atomic E-state index is 13.5. The van der Waals surface area contributed by atoms with Gasteiger partial charge in [0, 0.05) is 36.0 Å². The van der Waals surface area contributed by atoms with Crippen molar-refractivity contribution < 1.29 is 67.4 Å². The predicted molar refractivity (Wildman–Crippen MR) is 135 cm³/mol. The van der Waals surface area contributed by atoms with E-state index in [4.69, 9.17) is 9.47 Å². The maximum Gasteiger partial charge on any atom is 0.471 e. The van der Waals surface area contributed by atoms with Crippen molar-refractivity contribution in [2.75, 3.05) is 0 Å². The molecule has 4 unspecified atom stereocenters. The third-order valence-electron chi connectivity index (χ3n) is 8.12. The lowest BCUT2D eigenvalue weighted by Crippen LogP contribution is -2.57. The molecule has 2 aromatic rings. The normalized spacial score (nSPS) is 28.5. The number of amides is 1. The maximum absolute atomic E-state index is 13.5. The Kier molecular flexibility index (Phi) is 7.28. The fraction of sp³-hybridized carbons (Fsp3) is 0.429. The highest BCUT2D eigenvalue weighted by Crippen LogP contribution is 2.52. The number of nitrogens with one attached hydrogen (secondary N) is 1. The van der Waals surface area contributed by atoms with Gasteiger partial charge in [0.1, 0.15) is 29.0 Å². The molecule has 15 heteroatoms. The summed E-state index contributed by atoms with van der Waals surface area (Å²) < 4.78 is 50.1. The Morgan fingerprint density at radius 3 is 2.35 bits per heavy atom. The third kappa shape index (κ3) is 4.91. The molecule has 6 N–H and O–H groups in total. The molecule has 1 heterocycles. The largest absolute Gasteiger partial charge is 0.507 e. The summed E-state index contributed by atoms with van der Waals surface area (Å²) in [6.45, 7) is 2.34. The number of aromatic hydroxyl groups is 3. The molecule has 2 aliphatic carbocycles. The average molecular weight is 610 g/mol. The van der Waals surface area contributed by atoms with Crippen LogP contribution >= 0.6 is 0 Å². The van der Waals surface area contributed by atoms with E-state index in [0.29, 0.717) is 0 Å². The Labute approximate surface area is 240 Å². The van der Waals surface area contributed by atoms with Gasteiger partial charge in [0.2, 0.25) is 5.78 Å². The van der Waals surface area contributed by atoms with E-state index in [2.05, 4.69) is 0 Å². The minimum absolute atomic E-state index is 0.257. The number of ketones is 3. The Bertz CT molecular complexity index is 1570. The van der Waals surface area contributed by atoms with Gasteiger partial charge in [0.05, 0.1) is 34.9 Å². The lowest BCUT2D eigenvalue weighted by Gasteiger charge is -2.42. The van der Waals surface area contributed by atoms with Crippen LogP contribution in [0.3, 0.4) is 0 Å². The molecule has 2 aromatic carbocycles. The summed E-state index contributed by atoms with van der Waals surface area (Å²) in [5, 5.41) is 56.2. The number of Topliss-reactive ketones (excluding diaryl/α,β-unsaturated/α-hetero) is 1. The summed E-state index contributed by atoms with van der Waals surface area (Å²) >= 11 is 0. The predicted octanol–water partition coefficient (Wildman–Crippen LogP) is 1.45. The van der Waals surface area contributed by atoms with Crippen molar-refractivity contribution in [2.45, 2.75) is 75.5 Å². The van der Waals surface area contributed by atoms with Gasteiger partial charge in [-0.3, -0.25) is 19.2 Å². The molecule has 1 fully saturated rings. The van der Waals surface area contributed by atoms with Crippen molar-refractivity contribution in [2.24, 2.45) is 0 Å². The molecule has 230 valence electrons. The van der Waals surface area contributed by atoms with Gasteiger partial charge in [-0.15, -0.1) is 0 Å². The Balaban J connectivity index is 1.59. The first-order valence-corrected chi connectivity index (χ1v) is 13.1. The second-order valence-corrected chi connectivity index (χ2v) is 10.9. The number of halogens is 3. The molecule has 1 aliphatic heterocycles. The van der Waals surface area contributed by atoms with E-state index >= 15 is 0 Å². The summed E-state index contributed by atoms with van der Waals surface area (Å²) in [6, 6.07) is 2.16. The van der Waals surface area contributed by atoms with Gasteiger partial charge < -0.3 is 40.3 Å². The molecule has 0 spiro atoms. The van der Waals surface area contributed by atoms with Crippen LogP contribution in [0.25, 0.3) is 0 Å². The molecule has 0 bridgehead atoms. The summed E-state index contributed by atoms with van der Waals surface area (Å²) in [7, 11) is 0. The van der Waals surface area contributed by atoms with Gasteiger partial charge in [-0.1, -0.05) is 12.1 Å². The Hall–Kier alpha value is -4.05. The molecular weight excluding hydrogens is 583 g/mol. The van der Waals surface area contributed by atoms with E-state index in [1.54, 1.807) is 5.32 Å². The number of hydrogen-bond acceptors (Lipinski definition) is 11. The second kappa shape index (κ2) is 10.3. The van der Waals surface area contributed by atoms with Crippen LogP contribution in [0.5, 0.6) is 17.2 Å². The highest BCUT2D eigenvalue weighted by molar-refractivity contribution is 6.31. The van der Waals surface area contributed by atoms with Crippen molar-refractivity contribution in [1.82, 2.24) is 5.32 Å². The zero-order chi connectivity index (χ0) is 31.8. The van der Waals surface area contributed by atoms with Gasteiger partial charge in [-0.05, 0) is 19.9 Å². The first-order chi connectivity index (χ1) is 20.0. The molecule has 5 rings (SSSR count). The topological polar surface area (TPSA) is 200 Å². The van der Waals surface area contributed by atoms with E-state index in [0.717, 1.165) is 13.0 Å². The van der Waals surface area contributed by atoms with Crippen LogP contribution in [0.15, 0.2) is 18.2 Å². The fourth-order valence-electron chi connectivity index (χ4n) is 5.86. The van der Waals surface area contributed by atoms with Crippen LogP contribution in [-0.4, -0.2) is 85.1 Å². The van der Waals surface area contributed by atoms with Crippen molar-refractivity contribution in [3.05, 3.63) is 51.6 Å². The molecule has 6 atom stereocenters. The molecule has 43 heavy (non-hydrogen) atoms. The number of rotatable bonds is 4. The minimum atomic E-state index is -5.25. The summed E-state index contributed by atoms with van der Waals surface area (Å²) in [5.41, 5.74) is -4.80. The van der Waals surface area contributed by atoms with Crippen LogP contribution in [0.4, 0.5) is 13.2 Å². The average Bonchev–Trinajstić information content (AvgIpc) is 2.91. The molecule has 0 aromatic heterocycles. The molecule has 12 nitrogen and oxygen atoms in total. The molecule has 3 aliphatic rings. The number of phenolic OH excluding ortho intramolecular Hbond substituents is 3. The van der Waals surface area contributed by atoms with Crippen LogP contribution in [0.2, 0.25) is 0 Å². The van der Waals surface area contributed by atoms with E-state index in [1.165, 1.54) is 19.1 Å². The number of carbonyl (C=O) groups excluding carboxylic acids is 4. The number of ether oxygens (including phenoxy) is 2. The number of carbonyl (C=O) groups is 4. The molecular formula is C28H26F3NO11. The van der Waals surface area contributed by atoms with E-state index in [9.17, 15) is 57.9 Å². The lowest BCUT2D eigenvalue weighted by molar-refractivity contribution is -0.250. The lowest BCUT2D eigenvalue weighted by atomic mass is 9.72. The highest BCUT2D eigenvalue weighted by atomic mass is 19.4. The number of benzene rings is 2. The van der Waals surface area contributed by atoms with Gasteiger partial charge in [-0.25, -0.2) is 0 Å². The Morgan fingerprint density at radius 1 is 1.07 bits per heavy atom. The summed E-state index contributed by atoms with van der Waals surface area (Å²) in [5.74, 6) is -7.28. The van der Waals surface area contributed by atoms with Gasteiger partial charge in [0.15, 0.2) is 17.9 Å². The van der Waals surface area contributed by atoms with Crippen molar-refractivity contribution >= 4 is 23.3 Å². The van der Waals surface area contributed by atoms with Gasteiger partial charge >= 0.3 is 12.1 Å². The van der Waals surface area contributed by atoms with E-state index in [-0.39, 0.29) is 16.7 Å². The van der Waals surface area contributed by atoms with Crippen molar-refractivity contribution in [3.63, 3.8) is 0 Å². The minimum Gasteiger partial charge on any atom is -0.507 e. The van der Waals surface area contributed by atoms with Crippen LogP contribution in [0.1, 0.15) is 75.8 Å². The number of alkyl halides is 3. The number of aliphatic hydroxyl groups is 2. The van der Waals surface area contributed by atoms with E-state index < -0.39 is 119 Å². The zero-order valence-electron chi connectivity index (χ0n) is 22.6. The number of fused-ring (bicyclic) bond motifs is 3. The van der Waals surface area contributed by atoms with Gasteiger partial charge in [-0.2, -0.15) is 13.2 Å². The fourth-order valence-corrected chi connectivity index (χ4v) is 5.86. The standard InChI is InChI=1S/C28H26F3NO11/c1-9-21(35)13(32-26(40)28(29,30)31)6-16(42-9)43-15-8-27(41,10(2)33)7-12-18(15)25(39)20-19(23(12)37)22(36)11-4-3-5-14(34)17(11)24(20)38/h3-5,9,13,15-16,21,34-35,37,39,41H,6-8H2,1-2H3,(H,32,40)/t9?,13?,15-,16?,21?,27-/m0/s1. The van der Waals surface area contributed by atoms with Crippen molar-refractivity contribution in [1.29, 1.82) is 0 Å². The third-order valence-corrected chi connectivity index (χ3v) is 8.12. The SMILES string of the molecule is CC(=O)[C@]1(O)Cc2c(O)c3c(c(O)c2[C@@H](OC2CC(NC(=O)C(F)(F)F)C(O)C(C)O2)C1)C(=O)c1c(O)cccc1C3=O. The number of aliphatic hydroxyl groups excluding tert-OH is 1. The van der Waals surface area contributed by atoms with Crippen LogP contribution < -0.4 is 5.32 Å². The molecule has 0 radical (unpaired) electrons. The van der Waals surface area contributed by atoms with Crippen LogP contribution in [-0.2, 0) is 25.5 Å². The number of hydrogen-bond donors (Lipinski definition) is 6. The monoisotopic (exact) mass is 609 g/mol. The number of phenols is 3. The van der Waals surface area contributed by atoms with E-state index in [1.807, 2.05) is 0 Å². The summed E-state index contributed by atoms with van der Waals surface area (Å²) in [4.78, 5) is 50.9. The quantitative estimate of drug-likeness (QED) is 0.234. The zero-order valence-corrected chi connectivity index (χ0v) is 22.6. The first-order valence-electron chi connectivity index (χ1n) is 13.1. The molecule has 1 amide bonds. The first kappa shape index (κ1) is 30.4. The molecule has 0 saturated carbocycles. The second-order valence-electron chi connectivity index (χ2n) is 10.9. The Morgan fingerprint density at radius 2 is 1.72 bits per heavy atom. The van der Waals surface area contributed by atoms with Crippen LogP contribution in [0, 0.1) is 0 Å². The summed E-state index contributed by atoms with van der Waals surface area (Å²) in [6.07, 6.45) is -12.8. The van der Waals surface area contributed by atoms with Crippen molar-refractivity contribution in [3.8, 4) is 17.2 Å². The smallest absolute Gasteiger partial charge is 0.471 e.